The normalized spacial score (nSPS) is 10.7. The fourth-order valence-corrected chi connectivity index (χ4v) is 3.10. The van der Waals surface area contributed by atoms with Gasteiger partial charge < -0.3 is 4.74 Å². The summed E-state index contributed by atoms with van der Waals surface area (Å²) in [6.07, 6.45) is 0. The minimum Gasteiger partial charge on any atom is -0.462 e. The van der Waals surface area contributed by atoms with E-state index in [0.717, 1.165) is 21.6 Å². The number of thiazole rings is 1. The largest absolute Gasteiger partial charge is 0.462 e. The van der Waals surface area contributed by atoms with Gasteiger partial charge in [-0.2, -0.15) is 0 Å². The van der Waals surface area contributed by atoms with Crippen LogP contribution in [0.2, 0.25) is 0 Å². The molecule has 7 heteroatoms. The van der Waals surface area contributed by atoms with Crippen LogP contribution in [0, 0.1) is 13.8 Å². The molecule has 0 atom stereocenters. The van der Waals surface area contributed by atoms with E-state index >= 15 is 0 Å². The molecule has 1 N–H and O–H groups in total. The summed E-state index contributed by atoms with van der Waals surface area (Å²) in [5.74, 6) is 0.196. The maximum atomic E-state index is 11.8. The first-order valence-corrected chi connectivity index (χ1v) is 8.04. The van der Waals surface area contributed by atoms with Crippen LogP contribution in [0.5, 0.6) is 0 Å². The van der Waals surface area contributed by atoms with Crippen LogP contribution in [0.4, 0.5) is 11.1 Å². The number of fused-ring (bicyclic) bond motifs is 1. The Balaban J connectivity index is 1.89. The second-order valence-corrected chi connectivity index (χ2v) is 6.05. The lowest BCUT2D eigenvalue weighted by molar-refractivity contribution is 0.0526. The highest BCUT2D eigenvalue weighted by Crippen LogP contribution is 2.28. The Hall–Kier alpha value is -2.54. The Bertz CT molecular complexity index is 855. The molecule has 3 aromatic rings. The van der Waals surface area contributed by atoms with E-state index in [1.165, 1.54) is 11.3 Å². The van der Waals surface area contributed by atoms with Crippen LogP contribution in [0.15, 0.2) is 24.3 Å². The maximum absolute atomic E-state index is 11.8. The monoisotopic (exact) mass is 328 g/mol. The summed E-state index contributed by atoms with van der Waals surface area (Å²) in [5.41, 5.74) is 3.13. The Morgan fingerprint density at radius 2 is 1.91 bits per heavy atom. The number of aryl methyl sites for hydroxylation is 2. The summed E-state index contributed by atoms with van der Waals surface area (Å²) < 4.78 is 5.92. The lowest BCUT2D eigenvalue weighted by Crippen LogP contribution is -2.03. The van der Waals surface area contributed by atoms with Gasteiger partial charge in [0.1, 0.15) is 0 Å². The number of nitrogens with zero attached hydrogens (tertiary/aromatic N) is 3. The van der Waals surface area contributed by atoms with Crippen molar-refractivity contribution >= 4 is 38.6 Å². The number of benzene rings is 1. The van der Waals surface area contributed by atoms with Crippen molar-refractivity contribution in [3.8, 4) is 0 Å². The zero-order chi connectivity index (χ0) is 16.4. The van der Waals surface area contributed by atoms with Gasteiger partial charge in [0.25, 0.3) is 0 Å². The molecule has 6 nitrogen and oxygen atoms in total. The number of carbonyl (C=O) groups excluding carboxylic acids is 1. The van der Waals surface area contributed by atoms with Crippen molar-refractivity contribution in [2.24, 2.45) is 0 Å². The van der Waals surface area contributed by atoms with E-state index in [2.05, 4.69) is 20.3 Å². The molecule has 2 heterocycles. The minimum absolute atomic E-state index is 0.324. The highest BCUT2D eigenvalue weighted by Gasteiger charge is 2.11. The van der Waals surface area contributed by atoms with Crippen LogP contribution < -0.4 is 5.32 Å². The molecule has 0 aliphatic carbocycles. The van der Waals surface area contributed by atoms with Gasteiger partial charge >= 0.3 is 5.97 Å². The number of ether oxygens (including phenoxy) is 1. The topological polar surface area (TPSA) is 77.0 Å². The van der Waals surface area contributed by atoms with Crippen LogP contribution in [0.1, 0.15) is 28.7 Å². The molecular weight excluding hydrogens is 312 g/mol. The molecule has 0 bridgehead atoms. The third-order valence-corrected chi connectivity index (χ3v) is 4.03. The van der Waals surface area contributed by atoms with Gasteiger partial charge in [-0.15, -0.1) is 0 Å². The van der Waals surface area contributed by atoms with Crippen LogP contribution in [-0.2, 0) is 4.74 Å². The van der Waals surface area contributed by atoms with Gasteiger partial charge in [0, 0.05) is 11.4 Å². The first-order valence-electron chi connectivity index (χ1n) is 7.22. The molecule has 0 spiro atoms. The van der Waals surface area contributed by atoms with Gasteiger partial charge in [-0.25, -0.2) is 19.7 Å². The number of nitrogens with one attached hydrogen (secondary N) is 1. The van der Waals surface area contributed by atoms with E-state index in [1.807, 2.05) is 26.0 Å². The zero-order valence-corrected chi connectivity index (χ0v) is 13.9. The molecule has 0 aliphatic heterocycles. The molecule has 0 unspecified atom stereocenters. The third kappa shape index (κ3) is 3.45. The van der Waals surface area contributed by atoms with Crippen molar-refractivity contribution in [2.75, 3.05) is 11.9 Å². The van der Waals surface area contributed by atoms with Crippen molar-refractivity contribution < 1.29 is 9.53 Å². The Morgan fingerprint density at radius 1 is 1.17 bits per heavy atom. The lowest BCUT2D eigenvalue weighted by Gasteiger charge is -2.02. The van der Waals surface area contributed by atoms with E-state index in [4.69, 9.17) is 4.74 Å². The SMILES string of the molecule is CCOC(=O)c1ccc2nc(Nc3nc(C)cc(C)n3)sc2c1. The van der Waals surface area contributed by atoms with E-state index < -0.39 is 0 Å². The summed E-state index contributed by atoms with van der Waals surface area (Å²) in [6.45, 7) is 5.99. The summed E-state index contributed by atoms with van der Waals surface area (Å²) in [6, 6.07) is 7.23. The van der Waals surface area contributed by atoms with Gasteiger partial charge in [-0.3, -0.25) is 5.32 Å². The van der Waals surface area contributed by atoms with Crippen molar-refractivity contribution in [1.82, 2.24) is 15.0 Å². The number of hydrogen-bond donors (Lipinski definition) is 1. The average Bonchev–Trinajstić information content (AvgIpc) is 2.87. The molecule has 0 aliphatic rings. The summed E-state index contributed by atoms with van der Waals surface area (Å²) >= 11 is 1.44. The van der Waals surface area contributed by atoms with Gasteiger partial charge in [-0.05, 0) is 45.0 Å². The van der Waals surface area contributed by atoms with Gasteiger partial charge in [0.15, 0.2) is 5.13 Å². The zero-order valence-electron chi connectivity index (χ0n) is 13.1. The lowest BCUT2D eigenvalue weighted by atomic mass is 10.2. The predicted molar refractivity (Wildman–Crippen MR) is 90.4 cm³/mol. The van der Waals surface area contributed by atoms with Crippen molar-refractivity contribution in [3.63, 3.8) is 0 Å². The number of aromatic nitrogens is 3. The molecule has 3 rings (SSSR count). The second kappa shape index (κ2) is 6.29. The Morgan fingerprint density at radius 3 is 2.61 bits per heavy atom. The van der Waals surface area contributed by atoms with Crippen molar-refractivity contribution in [1.29, 1.82) is 0 Å². The fourth-order valence-electron chi connectivity index (χ4n) is 2.20. The van der Waals surface area contributed by atoms with E-state index in [9.17, 15) is 4.79 Å². The van der Waals surface area contributed by atoms with Crippen LogP contribution in [0.3, 0.4) is 0 Å². The number of rotatable bonds is 4. The van der Waals surface area contributed by atoms with Gasteiger partial charge in [0.05, 0.1) is 22.4 Å². The molecule has 118 valence electrons. The van der Waals surface area contributed by atoms with E-state index in [-0.39, 0.29) is 5.97 Å². The average molecular weight is 328 g/mol. The number of hydrogen-bond acceptors (Lipinski definition) is 7. The molecule has 0 radical (unpaired) electrons. The fraction of sp³-hybridized carbons (Fsp3) is 0.250. The summed E-state index contributed by atoms with van der Waals surface area (Å²) in [5, 5.41) is 3.80. The number of anilines is 2. The highest BCUT2D eigenvalue weighted by molar-refractivity contribution is 7.22. The van der Waals surface area contributed by atoms with Crippen LogP contribution in [-0.4, -0.2) is 27.5 Å². The Labute approximate surface area is 137 Å². The van der Waals surface area contributed by atoms with Gasteiger partial charge in [-0.1, -0.05) is 11.3 Å². The summed E-state index contributed by atoms with van der Waals surface area (Å²) in [7, 11) is 0. The van der Waals surface area contributed by atoms with Crippen molar-refractivity contribution in [3.05, 3.63) is 41.2 Å². The summed E-state index contributed by atoms with van der Waals surface area (Å²) in [4.78, 5) is 25.0. The Kier molecular flexibility index (Phi) is 4.20. The number of carbonyl (C=O) groups is 1. The first kappa shape index (κ1) is 15.4. The van der Waals surface area contributed by atoms with E-state index in [1.54, 1.807) is 19.1 Å². The highest BCUT2D eigenvalue weighted by atomic mass is 32.1. The van der Waals surface area contributed by atoms with E-state index in [0.29, 0.717) is 23.3 Å². The first-order chi connectivity index (χ1) is 11.0. The second-order valence-electron chi connectivity index (χ2n) is 5.02. The molecular formula is C16H16N4O2S. The smallest absolute Gasteiger partial charge is 0.338 e. The predicted octanol–water partition coefficient (Wildman–Crippen LogP) is 3.62. The molecule has 0 amide bonds. The van der Waals surface area contributed by atoms with Gasteiger partial charge in [0.2, 0.25) is 5.95 Å². The standard InChI is InChI=1S/C16H16N4O2S/c1-4-22-14(21)11-5-6-12-13(8-11)23-16(19-12)20-15-17-9(2)7-10(3)18-15/h5-8H,4H2,1-3H3,(H,17,18,19,20). The van der Waals surface area contributed by atoms with Crippen LogP contribution >= 0.6 is 11.3 Å². The minimum atomic E-state index is -0.324. The molecule has 1 aromatic carbocycles. The number of esters is 1. The molecule has 0 fully saturated rings. The molecule has 0 saturated carbocycles. The molecule has 23 heavy (non-hydrogen) atoms. The molecule has 2 aromatic heterocycles. The van der Waals surface area contributed by atoms with Crippen molar-refractivity contribution in [2.45, 2.75) is 20.8 Å². The third-order valence-electron chi connectivity index (χ3n) is 3.10. The molecule has 0 saturated heterocycles. The van der Waals surface area contributed by atoms with Crippen LogP contribution in [0.25, 0.3) is 10.2 Å². The quantitative estimate of drug-likeness (QED) is 0.737. The maximum Gasteiger partial charge on any atom is 0.338 e.